The van der Waals surface area contributed by atoms with Crippen LogP contribution in [0, 0.1) is 0 Å². The number of ether oxygens (including phenoxy) is 1. The van der Waals surface area contributed by atoms with Gasteiger partial charge in [-0.25, -0.2) is 4.98 Å². The van der Waals surface area contributed by atoms with E-state index in [0.717, 1.165) is 24.7 Å². The minimum Gasteiger partial charge on any atom is -0.493 e. The minimum atomic E-state index is 0.289. The summed E-state index contributed by atoms with van der Waals surface area (Å²) in [7, 11) is 0. The summed E-state index contributed by atoms with van der Waals surface area (Å²) in [5, 5.41) is 3.63. The average molecular weight is 283 g/mol. The third-order valence-corrected chi connectivity index (χ3v) is 4.65. The summed E-state index contributed by atoms with van der Waals surface area (Å²) in [6.45, 7) is 0.763. The van der Waals surface area contributed by atoms with Gasteiger partial charge in [0.05, 0.1) is 12.6 Å². The molecular weight excluding hydrogens is 262 g/mol. The van der Waals surface area contributed by atoms with Crippen LogP contribution < -0.4 is 10.1 Å². The molecule has 4 nitrogen and oxygen atoms in total. The van der Waals surface area contributed by atoms with Crippen LogP contribution in [-0.4, -0.2) is 16.2 Å². The Labute approximate surface area is 125 Å². The average Bonchev–Trinajstić information content (AvgIpc) is 3.18. The van der Waals surface area contributed by atoms with Crippen molar-refractivity contribution >= 4 is 5.95 Å². The lowest BCUT2D eigenvalue weighted by Crippen LogP contribution is -2.22. The third kappa shape index (κ3) is 2.39. The largest absolute Gasteiger partial charge is 0.493 e. The van der Waals surface area contributed by atoms with Crippen molar-refractivity contribution in [2.24, 2.45) is 0 Å². The number of rotatable bonds is 3. The number of nitrogens with zero attached hydrogens (tertiary/aromatic N) is 2. The van der Waals surface area contributed by atoms with Gasteiger partial charge in [-0.1, -0.05) is 31.0 Å². The monoisotopic (exact) mass is 283 g/mol. The fraction of sp³-hybridized carbons (Fsp3) is 0.471. The lowest BCUT2D eigenvalue weighted by molar-refractivity contribution is 0.273. The molecule has 2 aromatic rings. The molecular formula is C17H21N3O. The Balaban J connectivity index is 1.58. The van der Waals surface area contributed by atoms with Gasteiger partial charge >= 0.3 is 0 Å². The highest BCUT2D eigenvalue weighted by atomic mass is 16.5. The highest BCUT2D eigenvalue weighted by molar-refractivity contribution is 5.42. The fourth-order valence-electron chi connectivity index (χ4n) is 3.55. The number of nitrogens with one attached hydrogen (secondary N) is 1. The molecule has 1 aromatic heterocycles. The summed E-state index contributed by atoms with van der Waals surface area (Å²) in [5.74, 6) is 2.00. The predicted octanol–water partition coefficient (Wildman–Crippen LogP) is 3.93. The van der Waals surface area contributed by atoms with Crippen molar-refractivity contribution < 1.29 is 4.74 Å². The van der Waals surface area contributed by atoms with Gasteiger partial charge in [0, 0.05) is 30.4 Å². The number of hydrogen-bond acceptors (Lipinski definition) is 3. The molecule has 0 radical (unpaired) electrons. The first-order chi connectivity index (χ1) is 10.4. The number of hydrogen-bond donors (Lipinski definition) is 1. The summed E-state index contributed by atoms with van der Waals surface area (Å²) < 4.78 is 8.06. The van der Waals surface area contributed by atoms with Crippen molar-refractivity contribution in [1.29, 1.82) is 0 Å². The molecule has 1 aliphatic carbocycles. The summed E-state index contributed by atoms with van der Waals surface area (Å²) >= 11 is 0. The summed E-state index contributed by atoms with van der Waals surface area (Å²) in [6, 6.07) is 9.20. The smallest absolute Gasteiger partial charge is 0.203 e. The van der Waals surface area contributed by atoms with E-state index in [1.807, 2.05) is 18.3 Å². The Bertz CT molecular complexity index is 616. The number of anilines is 1. The predicted molar refractivity (Wildman–Crippen MR) is 82.6 cm³/mol. The van der Waals surface area contributed by atoms with Crippen LogP contribution in [0.15, 0.2) is 36.7 Å². The van der Waals surface area contributed by atoms with E-state index in [1.54, 1.807) is 0 Å². The second kappa shape index (κ2) is 5.43. The van der Waals surface area contributed by atoms with Gasteiger partial charge in [-0.15, -0.1) is 0 Å². The molecule has 1 aromatic carbocycles. The Kier molecular flexibility index (Phi) is 3.30. The molecule has 1 fully saturated rings. The first-order valence-corrected chi connectivity index (χ1v) is 7.93. The van der Waals surface area contributed by atoms with Gasteiger partial charge < -0.3 is 14.6 Å². The minimum absolute atomic E-state index is 0.289. The zero-order valence-corrected chi connectivity index (χ0v) is 12.2. The molecule has 1 unspecified atom stereocenters. The topological polar surface area (TPSA) is 39.1 Å². The van der Waals surface area contributed by atoms with Crippen molar-refractivity contribution in [3.63, 3.8) is 0 Å². The number of aromatic nitrogens is 2. The Morgan fingerprint density at radius 3 is 2.90 bits per heavy atom. The molecule has 4 rings (SSSR count). The van der Waals surface area contributed by atoms with E-state index >= 15 is 0 Å². The normalized spacial score (nSPS) is 21.8. The Hall–Kier alpha value is -1.97. The van der Waals surface area contributed by atoms with Gasteiger partial charge in [-0.2, -0.15) is 0 Å². The molecule has 1 atom stereocenters. The fourth-order valence-corrected chi connectivity index (χ4v) is 3.55. The van der Waals surface area contributed by atoms with Gasteiger partial charge in [0.2, 0.25) is 5.95 Å². The summed E-state index contributed by atoms with van der Waals surface area (Å²) in [6.07, 6.45) is 10.2. The van der Waals surface area contributed by atoms with Crippen LogP contribution >= 0.6 is 0 Å². The van der Waals surface area contributed by atoms with Crippen LogP contribution in [0.2, 0.25) is 0 Å². The molecule has 21 heavy (non-hydrogen) atoms. The maximum Gasteiger partial charge on any atom is 0.203 e. The van der Waals surface area contributed by atoms with Gasteiger partial charge in [-0.3, -0.25) is 0 Å². The van der Waals surface area contributed by atoms with Crippen LogP contribution in [0.3, 0.4) is 0 Å². The Morgan fingerprint density at radius 1 is 1.14 bits per heavy atom. The SMILES string of the molecule is c1ccc2c(c1)OCCC2Nc1nccn1C1CCCC1. The third-order valence-electron chi connectivity index (χ3n) is 4.65. The van der Waals surface area contributed by atoms with E-state index in [2.05, 4.69) is 33.2 Å². The quantitative estimate of drug-likeness (QED) is 0.927. The van der Waals surface area contributed by atoms with Crippen molar-refractivity contribution in [3.05, 3.63) is 42.2 Å². The molecule has 1 aliphatic heterocycles. The molecule has 2 aliphatic rings. The molecule has 4 heteroatoms. The van der Waals surface area contributed by atoms with Crippen molar-refractivity contribution in [2.45, 2.75) is 44.2 Å². The van der Waals surface area contributed by atoms with Crippen molar-refractivity contribution in [1.82, 2.24) is 9.55 Å². The number of imidazole rings is 1. The molecule has 0 bridgehead atoms. The van der Waals surface area contributed by atoms with E-state index in [-0.39, 0.29) is 6.04 Å². The van der Waals surface area contributed by atoms with Gasteiger partial charge in [0.25, 0.3) is 0 Å². The van der Waals surface area contributed by atoms with Gasteiger partial charge in [0.1, 0.15) is 5.75 Å². The number of para-hydroxylation sites is 1. The number of fused-ring (bicyclic) bond motifs is 1. The lowest BCUT2D eigenvalue weighted by Gasteiger charge is -2.28. The molecule has 110 valence electrons. The zero-order valence-electron chi connectivity index (χ0n) is 12.2. The summed E-state index contributed by atoms with van der Waals surface area (Å²) in [4.78, 5) is 4.54. The second-order valence-electron chi connectivity index (χ2n) is 5.97. The molecule has 0 saturated heterocycles. The van der Waals surface area contributed by atoms with Crippen LogP contribution in [0.25, 0.3) is 0 Å². The molecule has 1 N–H and O–H groups in total. The first kappa shape index (κ1) is 12.7. The van der Waals surface area contributed by atoms with Crippen LogP contribution in [0.5, 0.6) is 5.75 Å². The molecule has 0 spiro atoms. The van der Waals surface area contributed by atoms with Gasteiger partial charge in [-0.05, 0) is 18.9 Å². The van der Waals surface area contributed by atoms with Crippen LogP contribution in [0.4, 0.5) is 5.95 Å². The van der Waals surface area contributed by atoms with E-state index in [4.69, 9.17) is 4.74 Å². The zero-order chi connectivity index (χ0) is 14.1. The molecule has 2 heterocycles. The second-order valence-corrected chi connectivity index (χ2v) is 5.97. The highest BCUT2D eigenvalue weighted by Crippen LogP contribution is 2.36. The molecule has 1 saturated carbocycles. The maximum atomic E-state index is 5.74. The highest BCUT2D eigenvalue weighted by Gasteiger charge is 2.24. The van der Waals surface area contributed by atoms with Gasteiger partial charge in [0.15, 0.2) is 0 Å². The van der Waals surface area contributed by atoms with E-state index in [0.29, 0.717) is 6.04 Å². The number of benzene rings is 1. The van der Waals surface area contributed by atoms with E-state index in [9.17, 15) is 0 Å². The van der Waals surface area contributed by atoms with Crippen LogP contribution in [-0.2, 0) is 0 Å². The maximum absolute atomic E-state index is 5.74. The summed E-state index contributed by atoms with van der Waals surface area (Å²) in [5.41, 5.74) is 1.24. The van der Waals surface area contributed by atoms with Crippen LogP contribution in [0.1, 0.15) is 49.8 Å². The Morgan fingerprint density at radius 2 is 2.00 bits per heavy atom. The lowest BCUT2D eigenvalue weighted by atomic mass is 10.0. The standard InChI is InChI=1S/C17H21N3O/c1-2-6-13(5-1)20-11-10-18-17(20)19-15-9-12-21-16-8-4-3-7-14(15)16/h3-4,7-8,10-11,13,15H,1-2,5-6,9,12H2,(H,18,19). The first-order valence-electron chi connectivity index (χ1n) is 7.93. The van der Waals surface area contributed by atoms with E-state index in [1.165, 1.54) is 31.2 Å². The van der Waals surface area contributed by atoms with Crippen molar-refractivity contribution in [2.75, 3.05) is 11.9 Å². The van der Waals surface area contributed by atoms with E-state index < -0.39 is 0 Å². The van der Waals surface area contributed by atoms with Crippen molar-refractivity contribution in [3.8, 4) is 5.75 Å². The molecule has 0 amide bonds.